The van der Waals surface area contributed by atoms with Gasteiger partial charge in [-0.1, -0.05) is 38.1 Å². The maximum Gasteiger partial charge on any atom is 0.405 e. The van der Waals surface area contributed by atoms with Gasteiger partial charge in [0, 0.05) is 0 Å². The molecule has 0 fully saturated rings. The molecule has 1 amide bonds. The number of pyridine rings is 1. The highest BCUT2D eigenvalue weighted by Gasteiger charge is 2.26. The summed E-state index contributed by atoms with van der Waals surface area (Å²) in [4.78, 5) is 16.3. The summed E-state index contributed by atoms with van der Waals surface area (Å²) >= 11 is 0. The minimum absolute atomic E-state index is 0.138. The van der Waals surface area contributed by atoms with Crippen LogP contribution in [0.5, 0.6) is 0 Å². The molecule has 0 unspecified atom stereocenters. The van der Waals surface area contributed by atoms with Gasteiger partial charge in [-0.3, -0.25) is 9.78 Å². The van der Waals surface area contributed by atoms with Crippen LogP contribution in [0.15, 0.2) is 42.6 Å². The van der Waals surface area contributed by atoms with E-state index in [1.807, 2.05) is 24.3 Å². The molecule has 27 heavy (non-hydrogen) atoms. The van der Waals surface area contributed by atoms with E-state index in [-0.39, 0.29) is 24.1 Å². The van der Waals surface area contributed by atoms with Crippen molar-refractivity contribution in [3.05, 3.63) is 59.4 Å². The summed E-state index contributed by atoms with van der Waals surface area (Å²) in [6.45, 7) is 4.89. The molecule has 0 aliphatic rings. The number of carbonyl (C=O) groups is 1. The van der Waals surface area contributed by atoms with Crippen molar-refractivity contribution in [2.75, 3.05) is 11.9 Å². The highest BCUT2D eigenvalue weighted by Crippen LogP contribution is 2.18. The fourth-order valence-electron chi connectivity index (χ4n) is 2.54. The van der Waals surface area contributed by atoms with Crippen LogP contribution in [0.1, 0.15) is 49.6 Å². The number of nitrogens with one attached hydrogen (secondary N) is 2. The third-order valence-electron chi connectivity index (χ3n) is 4.11. The van der Waals surface area contributed by atoms with Crippen molar-refractivity contribution < 1.29 is 18.0 Å². The van der Waals surface area contributed by atoms with E-state index in [1.54, 1.807) is 13.0 Å². The van der Waals surface area contributed by atoms with Gasteiger partial charge >= 0.3 is 6.18 Å². The van der Waals surface area contributed by atoms with E-state index in [1.165, 1.54) is 17.8 Å². The van der Waals surface area contributed by atoms with Crippen LogP contribution in [0.4, 0.5) is 18.9 Å². The summed E-state index contributed by atoms with van der Waals surface area (Å²) in [5, 5.41) is 5.12. The summed E-state index contributed by atoms with van der Waals surface area (Å²) in [5.41, 5.74) is 3.00. The fraction of sp³-hybridized carbons (Fsp3) is 0.400. The van der Waals surface area contributed by atoms with Crippen LogP contribution < -0.4 is 10.6 Å². The Morgan fingerprint density at radius 2 is 1.74 bits per heavy atom. The Morgan fingerprint density at radius 3 is 2.26 bits per heavy atom. The van der Waals surface area contributed by atoms with Crippen LogP contribution in [0.2, 0.25) is 0 Å². The lowest BCUT2D eigenvalue weighted by Gasteiger charge is -2.15. The molecule has 0 spiro atoms. The highest BCUT2D eigenvalue weighted by molar-refractivity contribution is 5.79. The number of anilines is 1. The lowest BCUT2D eigenvalue weighted by molar-refractivity contribution is -0.121. The standard InChI is InChI=1S/C20H24F3N3O/c1-13(2)16-6-4-15(5-7-16)10-19(27)26-14(3)18-9-8-17(11-24-18)25-12-20(21,22)23/h4-9,11,13-14,25H,10,12H2,1-3H3,(H,26,27)/t14-/m1/s1. The summed E-state index contributed by atoms with van der Waals surface area (Å²) < 4.78 is 36.6. The third-order valence-corrected chi connectivity index (χ3v) is 4.11. The van der Waals surface area contributed by atoms with Crippen LogP contribution in [-0.2, 0) is 11.2 Å². The second-order valence-corrected chi connectivity index (χ2v) is 6.80. The number of carbonyl (C=O) groups excluding carboxylic acids is 1. The zero-order chi connectivity index (χ0) is 20.0. The molecule has 0 aliphatic carbocycles. The van der Waals surface area contributed by atoms with E-state index in [2.05, 4.69) is 29.5 Å². The molecule has 2 rings (SSSR count). The van der Waals surface area contributed by atoms with Gasteiger partial charge in [0.05, 0.1) is 30.0 Å². The van der Waals surface area contributed by atoms with Crippen molar-refractivity contribution in [1.29, 1.82) is 0 Å². The third kappa shape index (κ3) is 6.92. The highest BCUT2D eigenvalue weighted by atomic mass is 19.4. The van der Waals surface area contributed by atoms with Crippen molar-refractivity contribution in [3.8, 4) is 0 Å². The quantitative estimate of drug-likeness (QED) is 0.739. The minimum atomic E-state index is -4.28. The second-order valence-electron chi connectivity index (χ2n) is 6.80. The van der Waals surface area contributed by atoms with Crippen molar-refractivity contribution in [2.45, 2.75) is 45.3 Å². The van der Waals surface area contributed by atoms with Crippen LogP contribution in [0.3, 0.4) is 0 Å². The van der Waals surface area contributed by atoms with Crippen LogP contribution in [0, 0.1) is 0 Å². The van der Waals surface area contributed by atoms with Crippen molar-refractivity contribution in [3.63, 3.8) is 0 Å². The lowest BCUT2D eigenvalue weighted by atomic mass is 10.0. The van der Waals surface area contributed by atoms with Crippen LogP contribution >= 0.6 is 0 Å². The van der Waals surface area contributed by atoms with Gasteiger partial charge in [0.1, 0.15) is 6.54 Å². The first-order valence-electron chi connectivity index (χ1n) is 8.79. The zero-order valence-corrected chi connectivity index (χ0v) is 15.6. The topological polar surface area (TPSA) is 54.0 Å². The largest absolute Gasteiger partial charge is 0.405 e. The first-order chi connectivity index (χ1) is 12.6. The number of hydrogen-bond donors (Lipinski definition) is 2. The fourth-order valence-corrected chi connectivity index (χ4v) is 2.54. The molecule has 146 valence electrons. The molecule has 0 saturated heterocycles. The number of halogens is 3. The molecule has 0 saturated carbocycles. The summed E-state index contributed by atoms with van der Waals surface area (Å²) in [6, 6.07) is 10.7. The number of alkyl halides is 3. The van der Waals surface area contributed by atoms with Crippen LogP contribution in [-0.4, -0.2) is 23.6 Å². The summed E-state index contributed by atoms with van der Waals surface area (Å²) in [5.74, 6) is 0.299. The van der Waals surface area contributed by atoms with E-state index >= 15 is 0 Å². The number of hydrogen-bond acceptors (Lipinski definition) is 3. The minimum Gasteiger partial charge on any atom is -0.375 e. The molecular formula is C20H24F3N3O. The molecule has 4 nitrogen and oxygen atoms in total. The summed E-state index contributed by atoms with van der Waals surface area (Å²) in [7, 11) is 0. The Balaban J connectivity index is 1.88. The molecule has 1 aromatic carbocycles. The van der Waals surface area contributed by atoms with E-state index in [0.717, 1.165) is 5.56 Å². The first kappa shape index (κ1) is 20.7. The second kappa shape index (κ2) is 8.88. The molecule has 1 atom stereocenters. The summed E-state index contributed by atoms with van der Waals surface area (Å²) in [6.07, 6.45) is -2.70. The number of nitrogens with zero attached hydrogens (tertiary/aromatic N) is 1. The monoisotopic (exact) mass is 379 g/mol. The molecule has 2 aromatic rings. The first-order valence-corrected chi connectivity index (χ1v) is 8.79. The molecule has 1 heterocycles. The number of rotatable bonds is 7. The van der Waals surface area contributed by atoms with Gasteiger partial charge < -0.3 is 10.6 Å². The molecule has 0 bridgehead atoms. The molecule has 7 heteroatoms. The Kier molecular flexibility index (Phi) is 6.82. The van der Waals surface area contributed by atoms with Gasteiger partial charge in [0.25, 0.3) is 0 Å². The van der Waals surface area contributed by atoms with Crippen molar-refractivity contribution in [1.82, 2.24) is 10.3 Å². The van der Waals surface area contributed by atoms with E-state index in [4.69, 9.17) is 0 Å². The van der Waals surface area contributed by atoms with Gasteiger partial charge in [-0.15, -0.1) is 0 Å². The normalized spacial score (nSPS) is 12.7. The van der Waals surface area contributed by atoms with Crippen molar-refractivity contribution >= 4 is 11.6 Å². The molecule has 0 radical (unpaired) electrons. The van der Waals surface area contributed by atoms with Gasteiger partial charge in [0.2, 0.25) is 5.91 Å². The number of aromatic nitrogens is 1. The number of amides is 1. The van der Waals surface area contributed by atoms with Gasteiger partial charge in [-0.25, -0.2) is 0 Å². The SMILES string of the molecule is CC(C)c1ccc(CC(=O)N[C@H](C)c2ccc(NCC(F)(F)F)cn2)cc1. The smallest absolute Gasteiger partial charge is 0.375 e. The zero-order valence-electron chi connectivity index (χ0n) is 15.6. The molecule has 1 aromatic heterocycles. The van der Waals surface area contributed by atoms with Crippen molar-refractivity contribution in [2.24, 2.45) is 0 Å². The number of benzene rings is 1. The Bertz CT molecular complexity index is 741. The Labute approximate surface area is 157 Å². The Morgan fingerprint density at radius 1 is 1.07 bits per heavy atom. The van der Waals surface area contributed by atoms with E-state index < -0.39 is 12.7 Å². The predicted octanol–water partition coefficient (Wildman–Crippen LogP) is 4.60. The Hall–Kier alpha value is -2.57. The average molecular weight is 379 g/mol. The molecule has 0 aliphatic heterocycles. The van der Waals surface area contributed by atoms with Gasteiger partial charge in [0.15, 0.2) is 0 Å². The van der Waals surface area contributed by atoms with E-state index in [9.17, 15) is 18.0 Å². The van der Waals surface area contributed by atoms with Gasteiger partial charge in [-0.2, -0.15) is 13.2 Å². The average Bonchev–Trinajstić information content (AvgIpc) is 2.60. The van der Waals surface area contributed by atoms with E-state index in [0.29, 0.717) is 11.6 Å². The predicted molar refractivity (Wildman–Crippen MR) is 99.6 cm³/mol. The van der Waals surface area contributed by atoms with Gasteiger partial charge in [-0.05, 0) is 36.1 Å². The maximum atomic E-state index is 12.2. The lowest BCUT2D eigenvalue weighted by Crippen LogP contribution is -2.28. The molecular weight excluding hydrogens is 355 g/mol. The maximum absolute atomic E-state index is 12.2. The molecule has 2 N–H and O–H groups in total. The van der Waals surface area contributed by atoms with Crippen LogP contribution in [0.25, 0.3) is 0 Å².